The fraction of sp³-hybridized carbons (Fsp3) is 0. The summed E-state index contributed by atoms with van der Waals surface area (Å²) in [5, 5.41) is 19.8. The van der Waals surface area contributed by atoms with Crippen LogP contribution in [-0.2, 0) is 0 Å². The van der Waals surface area contributed by atoms with Crippen LogP contribution in [0.5, 0.6) is 0 Å². The van der Waals surface area contributed by atoms with Gasteiger partial charge in [-0.1, -0.05) is 11.3 Å². The number of hydrogen-bond acceptors (Lipinski definition) is 5. The van der Waals surface area contributed by atoms with Gasteiger partial charge >= 0.3 is 0 Å². The number of nitrogens with zero attached hydrogens (tertiary/aromatic N) is 5. The second kappa shape index (κ2) is 4.92. The molecule has 0 atom stereocenters. The molecular weight excluding hydrogens is 378 g/mol. The van der Waals surface area contributed by atoms with Gasteiger partial charge in [-0.25, -0.2) is 8.78 Å². The average Bonchev–Trinajstić information content (AvgIpc) is 3.16. The van der Waals surface area contributed by atoms with Crippen LogP contribution in [0, 0.1) is 11.6 Å². The summed E-state index contributed by atoms with van der Waals surface area (Å²) in [5.41, 5.74) is 1.11. The van der Waals surface area contributed by atoms with E-state index in [1.54, 1.807) is 6.20 Å². The molecule has 6 nitrogen and oxygen atoms in total. The topological polar surface area (TPSA) is 71.8 Å². The minimum absolute atomic E-state index is 0.340. The molecule has 0 bridgehead atoms. The first-order valence-electron chi connectivity index (χ1n) is 6.00. The van der Waals surface area contributed by atoms with Crippen molar-refractivity contribution in [2.45, 2.75) is 0 Å². The number of aromatic nitrogens is 6. The summed E-state index contributed by atoms with van der Waals surface area (Å²) < 4.78 is 28.7. The second-order valence-electron chi connectivity index (χ2n) is 4.35. The summed E-state index contributed by atoms with van der Waals surface area (Å²) in [5.74, 6) is -1.52. The lowest BCUT2D eigenvalue weighted by Crippen LogP contribution is -1.93. The van der Waals surface area contributed by atoms with Crippen molar-refractivity contribution in [3.05, 3.63) is 40.5 Å². The lowest BCUT2D eigenvalue weighted by atomic mass is 10.2. The standard InChI is InChI=1S/C12H5BrF2N6S/c13-6-4-16-17-9(6)11-20-21-10(18-19-12(21)22-11)5-1-2-7(14)8(15)3-5/h1-4H,(H,16,17). The van der Waals surface area contributed by atoms with E-state index >= 15 is 0 Å². The molecule has 0 saturated carbocycles. The minimum atomic E-state index is -0.944. The van der Waals surface area contributed by atoms with Crippen LogP contribution < -0.4 is 0 Å². The lowest BCUT2D eigenvalue weighted by molar-refractivity contribution is 0.509. The predicted molar refractivity (Wildman–Crippen MR) is 79.3 cm³/mol. The molecule has 110 valence electrons. The largest absolute Gasteiger partial charge is 0.274 e. The van der Waals surface area contributed by atoms with Crippen LogP contribution >= 0.6 is 27.3 Å². The maximum Gasteiger partial charge on any atom is 0.235 e. The highest BCUT2D eigenvalue weighted by molar-refractivity contribution is 9.10. The highest BCUT2D eigenvalue weighted by atomic mass is 79.9. The number of nitrogens with one attached hydrogen (secondary N) is 1. The number of rotatable bonds is 2. The zero-order chi connectivity index (χ0) is 15.3. The molecule has 1 aromatic carbocycles. The molecule has 0 aliphatic carbocycles. The molecule has 1 N–H and O–H groups in total. The van der Waals surface area contributed by atoms with Crippen molar-refractivity contribution in [3.63, 3.8) is 0 Å². The first-order valence-corrected chi connectivity index (χ1v) is 7.61. The van der Waals surface area contributed by atoms with Crippen molar-refractivity contribution in [1.82, 2.24) is 30.0 Å². The van der Waals surface area contributed by atoms with Gasteiger partial charge in [0.2, 0.25) is 4.96 Å². The number of hydrogen-bond donors (Lipinski definition) is 1. The van der Waals surface area contributed by atoms with E-state index in [9.17, 15) is 8.78 Å². The Hall–Kier alpha value is -2.20. The first-order chi connectivity index (χ1) is 10.6. The van der Waals surface area contributed by atoms with Gasteiger partial charge in [-0.2, -0.15) is 14.7 Å². The average molecular weight is 383 g/mol. The van der Waals surface area contributed by atoms with E-state index in [1.807, 2.05) is 0 Å². The van der Waals surface area contributed by atoms with Crippen LogP contribution in [-0.4, -0.2) is 30.0 Å². The SMILES string of the molecule is Fc1ccc(-c2nnc3sc(-c4[nH]ncc4Br)nn23)cc1F. The Morgan fingerprint density at radius 1 is 1.18 bits per heavy atom. The Morgan fingerprint density at radius 2 is 2.05 bits per heavy atom. The van der Waals surface area contributed by atoms with Gasteiger partial charge in [0.05, 0.1) is 10.7 Å². The van der Waals surface area contributed by atoms with E-state index in [1.165, 1.54) is 21.9 Å². The van der Waals surface area contributed by atoms with Crippen molar-refractivity contribution in [1.29, 1.82) is 0 Å². The molecule has 10 heteroatoms. The van der Waals surface area contributed by atoms with Gasteiger partial charge in [0.15, 0.2) is 22.5 Å². The number of H-pyrrole nitrogens is 1. The molecule has 3 heterocycles. The molecule has 0 aliphatic rings. The maximum absolute atomic E-state index is 13.4. The Kier molecular flexibility index (Phi) is 3.01. The van der Waals surface area contributed by atoms with Gasteiger partial charge in [0, 0.05) is 5.56 Å². The van der Waals surface area contributed by atoms with Crippen LogP contribution in [0.15, 0.2) is 28.9 Å². The number of aromatic amines is 1. The van der Waals surface area contributed by atoms with E-state index in [2.05, 4.69) is 41.4 Å². The van der Waals surface area contributed by atoms with Crippen LogP contribution in [0.4, 0.5) is 8.78 Å². The summed E-state index contributed by atoms with van der Waals surface area (Å²) >= 11 is 4.67. The Labute approximate surface area is 133 Å². The third-order valence-corrected chi connectivity index (χ3v) is 4.49. The monoisotopic (exact) mass is 382 g/mol. The van der Waals surface area contributed by atoms with E-state index in [-0.39, 0.29) is 0 Å². The van der Waals surface area contributed by atoms with Crippen molar-refractivity contribution in [2.75, 3.05) is 0 Å². The van der Waals surface area contributed by atoms with E-state index in [0.29, 0.717) is 27.1 Å². The van der Waals surface area contributed by atoms with Gasteiger partial charge in [0.25, 0.3) is 0 Å². The Balaban J connectivity index is 1.87. The summed E-state index contributed by atoms with van der Waals surface area (Å²) in [4.78, 5) is 0.538. The molecule has 0 aliphatic heterocycles. The molecule has 0 fully saturated rings. The maximum atomic E-state index is 13.4. The van der Waals surface area contributed by atoms with Crippen LogP contribution in [0.1, 0.15) is 0 Å². The zero-order valence-electron chi connectivity index (χ0n) is 10.6. The van der Waals surface area contributed by atoms with Crippen LogP contribution in [0.3, 0.4) is 0 Å². The van der Waals surface area contributed by atoms with Crippen molar-refractivity contribution >= 4 is 32.2 Å². The quantitative estimate of drug-likeness (QED) is 0.577. The molecule has 22 heavy (non-hydrogen) atoms. The van der Waals surface area contributed by atoms with Gasteiger partial charge in [-0.15, -0.1) is 10.2 Å². The lowest BCUT2D eigenvalue weighted by Gasteiger charge is -1.98. The molecule has 4 aromatic rings. The summed E-state index contributed by atoms with van der Waals surface area (Å²) in [7, 11) is 0. The van der Waals surface area contributed by atoms with Crippen molar-refractivity contribution < 1.29 is 8.78 Å². The molecule has 0 unspecified atom stereocenters. The predicted octanol–water partition coefficient (Wildman–Crippen LogP) is 3.28. The number of fused-ring (bicyclic) bond motifs is 1. The number of benzene rings is 1. The fourth-order valence-electron chi connectivity index (χ4n) is 1.95. The molecule has 4 rings (SSSR count). The Bertz CT molecular complexity index is 991. The summed E-state index contributed by atoms with van der Waals surface area (Å²) in [6.07, 6.45) is 1.62. The summed E-state index contributed by atoms with van der Waals surface area (Å²) in [6.45, 7) is 0. The fourth-order valence-corrected chi connectivity index (χ4v) is 3.31. The van der Waals surface area contributed by atoms with Gasteiger partial charge in [-0.05, 0) is 34.1 Å². The summed E-state index contributed by atoms with van der Waals surface area (Å²) in [6, 6.07) is 3.54. The van der Waals surface area contributed by atoms with E-state index < -0.39 is 11.6 Å². The third kappa shape index (κ3) is 2.03. The van der Waals surface area contributed by atoms with Crippen LogP contribution in [0.25, 0.3) is 27.1 Å². The van der Waals surface area contributed by atoms with E-state index in [0.717, 1.165) is 16.6 Å². The molecule has 0 radical (unpaired) electrons. The highest BCUT2D eigenvalue weighted by Crippen LogP contribution is 2.31. The Morgan fingerprint density at radius 3 is 2.77 bits per heavy atom. The normalized spacial score (nSPS) is 11.4. The molecular formula is C12H5BrF2N6S. The third-order valence-electron chi connectivity index (χ3n) is 2.98. The highest BCUT2D eigenvalue weighted by Gasteiger charge is 2.17. The molecule has 3 aromatic heterocycles. The molecule has 0 amide bonds. The first kappa shape index (κ1) is 13.5. The van der Waals surface area contributed by atoms with Gasteiger partial charge in [-0.3, -0.25) is 5.10 Å². The van der Waals surface area contributed by atoms with Crippen molar-refractivity contribution in [2.24, 2.45) is 0 Å². The number of halogens is 3. The van der Waals surface area contributed by atoms with Crippen molar-refractivity contribution in [3.8, 4) is 22.1 Å². The molecule has 0 saturated heterocycles. The van der Waals surface area contributed by atoms with Gasteiger partial charge < -0.3 is 0 Å². The van der Waals surface area contributed by atoms with Gasteiger partial charge in [0.1, 0.15) is 5.69 Å². The second-order valence-corrected chi connectivity index (χ2v) is 6.16. The van der Waals surface area contributed by atoms with Crippen LogP contribution in [0.2, 0.25) is 0 Å². The molecule has 0 spiro atoms. The minimum Gasteiger partial charge on any atom is -0.274 e. The van der Waals surface area contributed by atoms with E-state index in [4.69, 9.17) is 0 Å². The zero-order valence-corrected chi connectivity index (χ0v) is 13.0. The smallest absolute Gasteiger partial charge is 0.235 e.